The molecule has 0 radical (unpaired) electrons. The van der Waals surface area contributed by atoms with Crippen LogP contribution in [-0.4, -0.2) is 20.4 Å². The number of carbonyl (C=O) groups is 1. The number of nitrogens with one attached hydrogen (secondary N) is 2. The largest absolute Gasteiger partial charge is 0.416 e. The molecule has 0 saturated carbocycles. The number of anilines is 1. The highest BCUT2D eigenvalue weighted by Crippen LogP contribution is 2.29. The smallest absolute Gasteiger partial charge is 0.359 e. The molecule has 0 saturated heterocycles. The Morgan fingerprint density at radius 3 is 2.50 bits per heavy atom. The first-order valence-electron chi connectivity index (χ1n) is 8.66. The van der Waals surface area contributed by atoms with E-state index in [-0.39, 0.29) is 23.3 Å². The van der Waals surface area contributed by atoms with E-state index in [9.17, 15) is 26.7 Å². The molecule has 4 aromatic rings. The average Bonchev–Trinajstić information content (AvgIpc) is 3.29. The van der Waals surface area contributed by atoms with E-state index in [1.807, 2.05) is 0 Å². The molecule has 10 heteroatoms. The molecule has 30 heavy (non-hydrogen) atoms. The van der Waals surface area contributed by atoms with Gasteiger partial charge in [-0.15, -0.1) is 0 Å². The van der Waals surface area contributed by atoms with E-state index in [1.165, 1.54) is 35.4 Å². The highest BCUT2D eigenvalue weighted by atomic mass is 19.4. The third-order valence-corrected chi connectivity index (χ3v) is 4.55. The molecular weight excluding hydrogens is 407 g/mol. The highest BCUT2D eigenvalue weighted by molar-refractivity contribution is 6.08. The summed E-state index contributed by atoms with van der Waals surface area (Å²) in [6.45, 7) is 0.120. The summed E-state index contributed by atoms with van der Waals surface area (Å²) in [4.78, 5) is 19.3. The summed E-state index contributed by atoms with van der Waals surface area (Å²) in [5.74, 6) is -2.63. The molecule has 0 fully saturated rings. The summed E-state index contributed by atoms with van der Waals surface area (Å²) in [7, 11) is 0. The predicted molar refractivity (Wildman–Crippen MR) is 98.9 cm³/mol. The molecule has 0 aliphatic rings. The van der Waals surface area contributed by atoms with Crippen LogP contribution in [0.25, 0.3) is 10.9 Å². The van der Waals surface area contributed by atoms with Gasteiger partial charge >= 0.3 is 6.18 Å². The fourth-order valence-corrected chi connectivity index (χ4v) is 3.04. The Bertz CT molecular complexity index is 1220. The van der Waals surface area contributed by atoms with Gasteiger partial charge in [0.15, 0.2) is 11.6 Å². The van der Waals surface area contributed by atoms with E-state index < -0.39 is 29.3 Å². The van der Waals surface area contributed by atoms with Gasteiger partial charge in [0.1, 0.15) is 5.69 Å². The van der Waals surface area contributed by atoms with Gasteiger partial charge in [0.2, 0.25) is 0 Å². The SMILES string of the molecule is O=C(Nc1c[nH]c2cc(F)c(F)cc12)c1cncn1Cc1ccc(C(F)(F)F)cc1. The van der Waals surface area contributed by atoms with Gasteiger partial charge in [-0.25, -0.2) is 13.8 Å². The number of aromatic nitrogens is 3. The van der Waals surface area contributed by atoms with Crippen molar-refractivity contribution in [2.24, 2.45) is 0 Å². The fourth-order valence-electron chi connectivity index (χ4n) is 3.04. The first-order valence-corrected chi connectivity index (χ1v) is 8.66. The lowest BCUT2D eigenvalue weighted by molar-refractivity contribution is -0.137. The van der Waals surface area contributed by atoms with Crippen molar-refractivity contribution in [3.8, 4) is 0 Å². The van der Waals surface area contributed by atoms with Crippen LogP contribution in [0.4, 0.5) is 27.6 Å². The van der Waals surface area contributed by atoms with Gasteiger partial charge in [0, 0.05) is 24.2 Å². The molecule has 0 spiro atoms. The fraction of sp³-hybridized carbons (Fsp3) is 0.100. The van der Waals surface area contributed by atoms with Crippen LogP contribution in [0.2, 0.25) is 0 Å². The van der Waals surface area contributed by atoms with Crippen molar-refractivity contribution in [3.63, 3.8) is 0 Å². The van der Waals surface area contributed by atoms with E-state index >= 15 is 0 Å². The predicted octanol–water partition coefficient (Wildman–Crippen LogP) is 4.96. The maximum absolute atomic E-state index is 13.5. The Labute approximate surface area is 166 Å². The second kappa shape index (κ2) is 7.29. The number of nitrogens with zero attached hydrogens (tertiary/aromatic N) is 2. The number of carbonyl (C=O) groups excluding carboxylic acids is 1. The molecule has 154 valence electrons. The molecule has 0 atom stereocenters. The molecule has 0 bridgehead atoms. The number of rotatable bonds is 4. The molecule has 2 heterocycles. The highest BCUT2D eigenvalue weighted by Gasteiger charge is 2.30. The molecule has 1 amide bonds. The lowest BCUT2D eigenvalue weighted by atomic mass is 10.1. The second-order valence-electron chi connectivity index (χ2n) is 6.57. The monoisotopic (exact) mass is 420 g/mol. The van der Waals surface area contributed by atoms with Crippen LogP contribution in [0, 0.1) is 11.6 Å². The first-order chi connectivity index (χ1) is 14.2. The third kappa shape index (κ3) is 3.76. The van der Waals surface area contributed by atoms with Crippen LogP contribution in [0.15, 0.2) is 55.1 Å². The van der Waals surface area contributed by atoms with Gasteiger partial charge in [0.25, 0.3) is 5.91 Å². The molecule has 0 unspecified atom stereocenters. The van der Waals surface area contributed by atoms with E-state index in [1.54, 1.807) is 0 Å². The van der Waals surface area contributed by atoms with Crippen LogP contribution in [0.5, 0.6) is 0 Å². The maximum atomic E-state index is 13.5. The Hall–Kier alpha value is -3.69. The van der Waals surface area contributed by atoms with Crippen LogP contribution in [0.1, 0.15) is 21.6 Å². The van der Waals surface area contributed by atoms with Crippen molar-refractivity contribution in [2.75, 3.05) is 5.32 Å². The van der Waals surface area contributed by atoms with Crippen molar-refractivity contribution in [1.29, 1.82) is 0 Å². The van der Waals surface area contributed by atoms with Crippen molar-refractivity contribution in [2.45, 2.75) is 12.7 Å². The van der Waals surface area contributed by atoms with Crippen molar-refractivity contribution < 1.29 is 26.7 Å². The van der Waals surface area contributed by atoms with E-state index in [2.05, 4.69) is 15.3 Å². The summed E-state index contributed by atoms with van der Waals surface area (Å²) in [5, 5.41) is 2.89. The van der Waals surface area contributed by atoms with Gasteiger partial charge in [-0.1, -0.05) is 12.1 Å². The third-order valence-electron chi connectivity index (χ3n) is 4.55. The van der Waals surface area contributed by atoms with Crippen molar-refractivity contribution >= 4 is 22.5 Å². The number of fused-ring (bicyclic) bond motifs is 1. The number of hydrogen-bond donors (Lipinski definition) is 2. The minimum absolute atomic E-state index is 0.120. The zero-order chi connectivity index (χ0) is 21.5. The zero-order valence-corrected chi connectivity index (χ0v) is 15.1. The van der Waals surface area contributed by atoms with Gasteiger partial charge in [0.05, 0.1) is 29.3 Å². The quantitative estimate of drug-likeness (QED) is 0.459. The number of amides is 1. The summed E-state index contributed by atoms with van der Waals surface area (Å²) in [6.07, 6.45) is -0.357. The lowest BCUT2D eigenvalue weighted by Crippen LogP contribution is -2.17. The van der Waals surface area contributed by atoms with Gasteiger partial charge in [-0.05, 0) is 23.8 Å². The van der Waals surface area contributed by atoms with Gasteiger partial charge in [-0.3, -0.25) is 4.79 Å². The topological polar surface area (TPSA) is 62.7 Å². The second-order valence-corrected chi connectivity index (χ2v) is 6.57. The molecule has 5 nitrogen and oxygen atoms in total. The maximum Gasteiger partial charge on any atom is 0.416 e. The molecule has 0 aliphatic heterocycles. The van der Waals surface area contributed by atoms with Crippen LogP contribution in [-0.2, 0) is 12.7 Å². The van der Waals surface area contributed by atoms with E-state index in [4.69, 9.17) is 0 Å². The van der Waals surface area contributed by atoms with Crippen LogP contribution < -0.4 is 5.32 Å². The number of benzene rings is 2. The van der Waals surface area contributed by atoms with Crippen molar-refractivity contribution in [3.05, 3.63) is 83.6 Å². The number of alkyl halides is 3. The average molecular weight is 420 g/mol. The standard InChI is InChI=1S/C20H13F5N4O/c21-14-5-13-16(6-15(14)22)27-7-17(13)28-19(30)18-8-26-10-29(18)9-11-1-3-12(4-2-11)20(23,24)25/h1-8,10,27H,9H2,(H,28,30). The Morgan fingerprint density at radius 1 is 1.10 bits per heavy atom. The van der Waals surface area contributed by atoms with Gasteiger partial charge in [-0.2, -0.15) is 13.2 Å². The normalized spacial score (nSPS) is 11.8. The van der Waals surface area contributed by atoms with Crippen molar-refractivity contribution in [1.82, 2.24) is 14.5 Å². The summed E-state index contributed by atoms with van der Waals surface area (Å²) in [6, 6.07) is 6.52. The number of H-pyrrole nitrogens is 1. The number of halogens is 5. The Kier molecular flexibility index (Phi) is 4.76. The molecule has 4 rings (SSSR count). The number of hydrogen-bond acceptors (Lipinski definition) is 2. The minimum atomic E-state index is -4.43. The Morgan fingerprint density at radius 2 is 1.80 bits per heavy atom. The summed E-state index contributed by atoms with van der Waals surface area (Å²) < 4.78 is 66.4. The van der Waals surface area contributed by atoms with E-state index in [0.29, 0.717) is 11.1 Å². The first kappa shape index (κ1) is 19.6. The zero-order valence-electron chi connectivity index (χ0n) is 15.1. The molecular formula is C20H13F5N4O. The Balaban J connectivity index is 1.54. The molecule has 2 N–H and O–H groups in total. The van der Waals surface area contributed by atoms with Gasteiger partial charge < -0.3 is 14.9 Å². The van der Waals surface area contributed by atoms with Crippen LogP contribution in [0.3, 0.4) is 0 Å². The minimum Gasteiger partial charge on any atom is -0.359 e. The molecule has 0 aliphatic carbocycles. The van der Waals surface area contributed by atoms with E-state index in [0.717, 1.165) is 24.3 Å². The lowest BCUT2D eigenvalue weighted by Gasteiger charge is -2.10. The number of imidazole rings is 1. The van der Waals surface area contributed by atoms with Crippen LogP contribution >= 0.6 is 0 Å². The number of aromatic amines is 1. The summed E-state index contributed by atoms with van der Waals surface area (Å²) >= 11 is 0. The summed E-state index contributed by atoms with van der Waals surface area (Å²) in [5.41, 5.74) is 0.475. The molecule has 2 aromatic carbocycles. The molecule has 2 aromatic heterocycles.